The molecule has 3 heterocycles. The molecule has 0 fully saturated rings. The van der Waals surface area contributed by atoms with Crippen LogP contribution < -0.4 is 15.6 Å². The minimum Gasteiger partial charge on any atom is -0.496 e. The van der Waals surface area contributed by atoms with Gasteiger partial charge in [-0.1, -0.05) is 12.1 Å². The van der Waals surface area contributed by atoms with E-state index in [0.717, 1.165) is 18.5 Å². The summed E-state index contributed by atoms with van der Waals surface area (Å²) in [5.74, 6) is -0.208. The van der Waals surface area contributed by atoms with E-state index in [4.69, 9.17) is 4.74 Å². The van der Waals surface area contributed by atoms with Crippen molar-refractivity contribution in [3.05, 3.63) is 82.0 Å². The molecule has 3 aromatic rings. The Labute approximate surface area is 191 Å². The molecule has 8 nitrogen and oxygen atoms in total. The monoisotopic (exact) mass is 453 g/mol. The molecule has 2 aromatic heterocycles. The molecule has 1 aliphatic heterocycles. The molecule has 0 radical (unpaired) electrons. The molecule has 0 saturated heterocycles. The first-order chi connectivity index (χ1) is 16.0. The van der Waals surface area contributed by atoms with Crippen molar-refractivity contribution in [3.63, 3.8) is 0 Å². The molecule has 0 saturated carbocycles. The summed E-state index contributed by atoms with van der Waals surface area (Å²) in [4.78, 5) is 32.1. The number of imidazole rings is 1. The Morgan fingerprint density at radius 2 is 2.03 bits per heavy atom. The summed E-state index contributed by atoms with van der Waals surface area (Å²) in [7, 11) is 1.47. The molecule has 1 N–H and O–H groups in total. The van der Waals surface area contributed by atoms with Crippen molar-refractivity contribution in [1.29, 1.82) is 0 Å². The summed E-state index contributed by atoms with van der Waals surface area (Å²) in [6, 6.07) is 7.83. The van der Waals surface area contributed by atoms with Gasteiger partial charge in [-0.15, -0.1) is 0 Å². The van der Waals surface area contributed by atoms with Gasteiger partial charge < -0.3 is 19.2 Å². The summed E-state index contributed by atoms with van der Waals surface area (Å²) in [5, 5.41) is 2.97. The molecular formula is C24H28FN5O3. The van der Waals surface area contributed by atoms with E-state index in [-0.39, 0.29) is 17.3 Å². The Balaban J connectivity index is 1.48. The normalized spacial score (nSPS) is 13.9. The molecule has 4 rings (SSSR count). The summed E-state index contributed by atoms with van der Waals surface area (Å²) >= 11 is 0. The standard InChI is InChI=1S/C24H28FN5O3/c1-33-21-15-22(31)30-14-13-28(16-18-3-5-19(25)6-4-18)11-7-20(30)23(21)24(32)27-8-2-10-29-12-9-26-17-29/h3-6,9,12,15,17H,2,7-8,10-11,13-14,16H2,1H3,(H,27,32). The largest absolute Gasteiger partial charge is 0.496 e. The van der Waals surface area contributed by atoms with Crippen molar-refractivity contribution < 1.29 is 13.9 Å². The first-order valence-corrected chi connectivity index (χ1v) is 11.1. The number of aromatic nitrogens is 3. The van der Waals surface area contributed by atoms with E-state index in [1.807, 2.05) is 10.8 Å². The fraction of sp³-hybridized carbons (Fsp3) is 0.375. The van der Waals surface area contributed by atoms with Crippen molar-refractivity contribution in [2.24, 2.45) is 0 Å². The van der Waals surface area contributed by atoms with E-state index in [9.17, 15) is 14.0 Å². The quantitative estimate of drug-likeness (QED) is 0.528. The van der Waals surface area contributed by atoms with Gasteiger partial charge in [-0.25, -0.2) is 9.37 Å². The molecule has 0 spiro atoms. The van der Waals surface area contributed by atoms with E-state index >= 15 is 0 Å². The second-order valence-electron chi connectivity index (χ2n) is 8.09. The Bertz CT molecular complexity index is 1140. The highest BCUT2D eigenvalue weighted by Crippen LogP contribution is 2.23. The lowest BCUT2D eigenvalue weighted by atomic mass is 10.1. The maximum absolute atomic E-state index is 13.2. The number of hydrogen-bond donors (Lipinski definition) is 1. The zero-order valence-corrected chi connectivity index (χ0v) is 18.7. The number of ether oxygens (including phenoxy) is 1. The highest BCUT2D eigenvalue weighted by Gasteiger charge is 2.25. The van der Waals surface area contributed by atoms with Crippen molar-refractivity contribution >= 4 is 5.91 Å². The van der Waals surface area contributed by atoms with Gasteiger partial charge in [-0.3, -0.25) is 14.5 Å². The van der Waals surface area contributed by atoms with Crippen LogP contribution in [-0.2, 0) is 26.1 Å². The summed E-state index contributed by atoms with van der Waals surface area (Å²) in [6.45, 7) is 3.70. The summed E-state index contributed by atoms with van der Waals surface area (Å²) < 4.78 is 22.3. The number of benzene rings is 1. The minimum atomic E-state index is -0.263. The number of nitrogens with zero attached hydrogens (tertiary/aromatic N) is 4. The number of carbonyl (C=O) groups is 1. The zero-order valence-electron chi connectivity index (χ0n) is 18.7. The lowest BCUT2D eigenvalue weighted by molar-refractivity contribution is 0.0947. The Kier molecular flexibility index (Phi) is 7.19. The first-order valence-electron chi connectivity index (χ1n) is 11.1. The van der Waals surface area contributed by atoms with Crippen LogP contribution >= 0.6 is 0 Å². The molecule has 0 bridgehead atoms. The van der Waals surface area contributed by atoms with E-state index < -0.39 is 0 Å². The maximum Gasteiger partial charge on any atom is 0.256 e. The molecule has 0 unspecified atom stereocenters. The molecule has 1 aromatic carbocycles. The number of carbonyl (C=O) groups excluding carboxylic acids is 1. The smallest absolute Gasteiger partial charge is 0.256 e. The number of pyridine rings is 1. The average Bonchev–Trinajstić information content (AvgIpc) is 3.25. The van der Waals surface area contributed by atoms with Crippen molar-refractivity contribution in [2.45, 2.75) is 32.5 Å². The van der Waals surface area contributed by atoms with Crippen molar-refractivity contribution in [3.8, 4) is 5.75 Å². The third-order valence-corrected chi connectivity index (χ3v) is 5.89. The van der Waals surface area contributed by atoms with Crippen LogP contribution in [0.4, 0.5) is 4.39 Å². The number of rotatable bonds is 8. The third-order valence-electron chi connectivity index (χ3n) is 5.89. The number of halogens is 1. The van der Waals surface area contributed by atoms with Crippen molar-refractivity contribution in [2.75, 3.05) is 26.7 Å². The number of hydrogen-bond acceptors (Lipinski definition) is 5. The van der Waals surface area contributed by atoms with Gasteiger partial charge in [0, 0.05) is 69.8 Å². The van der Waals surface area contributed by atoms with E-state index in [2.05, 4.69) is 15.2 Å². The van der Waals surface area contributed by atoms with E-state index in [0.29, 0.717) is 56.2 Å². The molecule has 174 valence electrons. The molecule has 9 heteroatoms. The fourth-order valence-corrected chi connectivity index (χ4v) is 4.18. The molecule has 0 aliphatic carbocycles. The van der Waals surface area contributed by atoms with Gasteiger partial charge in [0.1, 0.15) is 17.1 Å². The van der Waals surface area contributed by atoms with Crippen LogP contribution in [0.15, 0.2) is 53.8 Å². The average molecular weight is 454 g/mol. The van der Waals surface area contributed by atoms with Crippen LogP contribution in [0.2, 0.25) is 0 Å². The minimum absolute atomic E-state index is 0.179. The molecule has 1 aliphatic rings. The molecule has 1 amide bonds. The summed E-state index contributed by atoms with van der Waals surface area (Å²) in [6.07, 6.45) is 6.63. The Morgan fingerprint density at radius 1 is 1.21 bits per heavy atom. The van der Waals surface area contributed by atoms with Crippen LogP contribution in [0.5, 0.6) is 5.75 Å². The number of amides is 1. The second-order valence-corrected chi connectivity index (χ2v) is 8.09. The first kappa shape index (κ1) is 22.7. The Hall–Kier alpha value is -3.46. The fourth-order valence-electron chi connectivity index (χ4n) is 4.18. The highest BCUT2D eigenvalue weighted by molar-refractivity contribution is 5.98. The number of fused-ring (bicyclic) bond motifs is 1. The van der Waals surface area contributed by atoms with Crippen LogP contribution in [0, 0.1) is 5.82 Å². The summed E-state index contributed by atoms with van der Waals surface area (Å²) in [5.41, 5.74) is 1.93. The maximum atomic E-state index is 13.2. The van der Waals surface area contributed by atoms with Gasteiger partial charge in [-0.2, -0.15) is 0 Å². The van der Waals surface area contributed by atoms with Gasteiger partial charge in [0.05, 0.1) is 13.4 Å². The number of nitrogens with one attached hydrogen (secondary N) is 1. The van der Waals surface area contributed by atoms with Gasteiger partial charge in [0.15, 0.2) is 0 Å². The van der Waals surface area contributed by atoms with Crippen LogP contribution in [0.1, 0.15) is 28.0 Å². The van der Waals surface area contributed by atoms with Crippen molar-refractivity contribution in [1.82, 2.24) is 24.3 Å². The Morgan fingerprint density at radius 3 is 2.76 bits per heavy atom. The van der Waals surface area contributed by atoms with Crippen LogP contribution in [0.3, 0.4) is 0 Å². The zero-order chi connectivity index (χ0) is 23.2. The van der Waals surface area contributed by atoms with Gasteiger partial charge >= 0.3 is 0 Å². The molecular weight excluding hydrogens is 425 g/mol. The van der Waals surface area contributed by atoms with Crippen LogP contribution in [-0.4, -0.2) is 51.7 Å². The predicted molar refractivity (Wildman–Crippen MR) is 122 cm³/mol. The van der Waals surface area contributed by atoms with Crippen LogP contribution in [0.25, 0.3) is 0 Å². The topological polar surface area (TPSA) is 81.4 Å². The predicted octanol–water partition coefficient (Wildman–Crippen LogP) is 2.07. The molecule has 0 atom stereocenters. The second kappa shape index (κ2) is 10.4. The van der Waals surface area contributed by atoms with E-state index in [1.54, 1.807) is 29.2 Å². The van der Waals surface area contributed by atoms with Gasteiger partial charge in [0.2, 0.25) is 0 Å². The molecule has 33 heavy (non-hydrogen) atoms. The third kappa shape index (κ3) is 5.48. The van der Waals surface area contributed by atoms with Gasteiger partial charge in [0.25, 0.3) is 11.5 Å². The number of aryl methyl sites for hydroxylation is 1. The van der Waals surface area contributed by atoms with E-state index in [1.165, 1.54) is 25.3 Å². The van der Waals surface area contributed by atoms with Gasteiger partial charge in [-0.05, 0) is 24.1 Å². The highest BCUT2D eigenvalue weighted by atomic mass is 19.1. The lowest BCUT2D eigenvalue weighted by Gasteiger charge is -2.19. The lowest BCUT2D eigenvalue weighted by Crippen LogP contribution is -2.32. The number of methoxy groups -OCH3 is 1. The SMILES string of the molecule is COc1cc(=O)n2c(c1C(=O)NCCCn1ccnc1)CCN(Cc1ccc(F)cc1)CC2.